The lowest BCUT2D eigenvalue weighted by Gasteiger charge is -2.13. The number of ether oxygens (including phenoxy) is 1. The highest BCUT2D eigenvalue weighted by Gasteiger charge is 2.32. The number of aromatic nitrogens is 2. The summed E-state index contributed by atoms with van der Waals surface area (Å²) >= 11 is 0.745. The third kappa shape index (κ3) is 5.14. The summed E-state index contributed by atoms with van der Waals surface area (Å²) in [6.45, 7) is 0. The molecule has 0 aliphatic heterocycles. The van der Waals surface area contributed by atoms with Crippen LogP contribution in [0.15, 0.2) is 41.6 Å². The molecule has 0 aliphatic rings. The molecule has 2 aromatic carbocycles. The predicted octanol–water partition coefficient (Wildman–Crippen LogP) is 4.30. The van der Waals surface area contributed by atoms with Crippen LogP contribution in [-0.2, 0) is 21.8 Å². The van der Waals surface area contributed by atoms with Gasteiger partial charge in [0, 0.05) is 6.07 Å². The van der Waals surface area contributed by atoms with E-state index in [1.165, 1.54) is 0 Å². The number of halogens is 5. The number of carboxylic acids is 1. The molecule has 0 fully saturated rings. The fraction of sp³-hybridized carbons (Fsp3) is 0.118. The van der Waals surface area contributed by atoms with Crippen LogP contribution in [0.1, 0.15) is 20.9 Å². The average molecular weight is 480 g/mol. The topological polar surface area (TPSA) is 106 Å². The first-order valence-corrected chi connectivity index (χ1v) is 10.4. The van der Waals surface area contributed by atoms with Crippen molar-refractivity contribution in [3.63, 3.8) is 0 Å². The van der Waals surface area contributed by atoms with Crippen LogP contribution in [0.4, 0.5) is 22.0 Å². The first-order chi connectivity index (χ1) is 14.4. The molecule has 3 rings (SSSR count). The summed E-state index contributed by atoms with van der Waals surface area (Å²) in [6, 6.07) is 2.06. The maximum absolute atomic E-state index is 14.4. The smallest absolute Gasteiger partial charge is 0.416 e. The summed E-state index contributed by atoms with van der Waals surface area (Å²) in [6.07, 6.45) is -3.85. The molecule has 164 valence electrons. The Kier molecular flexibility index (Phi) is 5.96. The highest BCUT2D eigenvalue weighted by atomic mass is 32.2. The number of benzene rings is 2. The number of carbonyl (C=O) groups is 1. The lowest BCUT2D eigenvalue weighted by atomic mass is 10.1. The van der Waals surface area contributed by atoms with Gasteiger partial charge in [-0.2, -0.15) is 17.5 Å². The lowest BCUT2D eigenvalue weighted by Crippen LogP contribution is -2.09. The van der Waals surface area contributed by atoms with Crippen LogP contribution >= 0.6 is 11.5 Å². The number of carboxylic acid groups (broad SMARTS) is 1. The van der Waals surface area contributed by atoms with Crippen molar-refractivity contribution in [1.29, 1.82) is 0 Å². The molecule has 0 radical (unpaired) electrons. The molecule has 0 aliphatic carbocycles. The van der Waals surface area contributed by atoms with Crippen molar-refractivity contribution in [3.05, 3.63) is 64.4 Å². The van der Waals surface area contributed by atoms with Crippen LogP contribution in [0, 0.1) is 11.6 Å². The number of hydrogen-bond acceptors (Lipinski definition) is 7. The Morgan fingerprint density at radius 1 is 1.10 bits per heavy atom. The minimum atomic E-state index is -4.93. The minimum Gasteiger partial charge on any atom is -0.478 e. The van der Waals surface area contributed by atoms with Crippen molar-refractivity contribution in [3.8, 4) is 11.5 Å². The molecule has 1 N–H and O–H groups in total. The number of rotatable bonds is 6. The SMILES string of the molecule is O=C(O)c1cc(Oc2cc(F)c(S(=O)(=O)Cc3ncns3)cc2F)cc(C(F)(F)F)c1. The van der Waals surface area contributed by atoms with Gasteiger partial charge in [0.2, 0.25) is 0 Å². The van der Waals surface area contributed by atoms with Crippen LogP contribution in [-0.4, -0.2) is 28.9 Å². The molecule has 0 atom stereocenters. The van der Waals surface area contributed by atoms with Crippen LogP contribution in [0.25, 0.3) is 0 Å². The number of aromatic carboxylic acids is 1. The Hall–Kier alpha value is -3.13. The zero-order valence-corrected chi connectivity index (χ0v) is 16.5. The monoisotopic (exact) mass is 480 g/mol. The molecule has 14 heteroatoms. The first-order valence-electron chi connectivity index (χ1n) is 7.97. The lowest BCUT2D eigenvalue weighted by molar-refractivity contribution is -0.137. The number of sulfone groups is 1. The molecule has 31 heavy (non-hydrogen) atoms. The van der Waals surface area contributed by atoms with E-state index in [1.807, 2.05) is 0 Å². The molecule has 3 aromatic rings. The van der Waals surface area contributed by atoms with Gasteiger partial charge >= 0.3 is 12.1 Å². The molecular weight excluding hydrogens is 471 g/mol. The quantitative estimate of drug-likeness (QED) is 0.525. The van der Waals surface area contributed by atoms with E-state index in [2.05, 4.69) is 9.36 Å². The normalized spacial score (nSPS) is 12.0. The fourth-order valence-corrected chi connectivity index (χ4v) is 4.58. The molecule has 0 bridgehead atoms. The third-order valence-corrected chi connectivity index (χ3v) is 6.23. The standard InChI is InChI=1S/C17H9F5N2O5S2/c18-11-5-14(31(27,28)6-15-23-7-24-30-15)12(19)4-13(11)29-10-2-8(16(25)26)1-9(3-10)17(20,21)22/h1-5,7H,6H2,(H,25,26). The maximum atomic E-state index is 14.4. The summed E-state index contributed by atoms with van der Waals surface area (Å²) in [5.74, 6) is -6.96. The molecule has 0 spiro atoms. The predicted molar refractivity (Wildman–Crippen MR) is 95.6 cm³/mol. The van der Waals surface area contributed by atoms with Crippen molar-refractivity contribution in [2.45, 2.75) is 16.8 Å². The fourth-order valence-electron chi connectivity index (χ4n) is 2.40. The second-order valence-corrected chi connectivity index (χ2v) is 8.78. The van der Waals surface area contributed by atoms with Crippen molar-refractivity contribution >= 4 is 27.3 Å². The van der Waals surface area contributed by atoms with Crippen LogP contribution in [0.3, 0.4) is 0 Å². The maximum Gasteiger partial charge on any atom is 0.416 e. The molecule has 0 saturated carbocycles. The molecule has 1 heterocycles. The minimum absolute atomic E-state index is 0.0327. The van der Waals surface area contributed by atoms with Gasteiger partial charge in [0.15, 0.2) is 21.4 Å². The first kappa shape index (κ1) is 22.6. The molecule has 0 unspecified atom stereocenters. The average Bonchev–Trinajstić information content (AvgIpc) is 3.15. The van der Waals surface area contributed by atoms with Gasteiger partial charge < -0.3 is 9.84 Å². The van der Waals surface area contributed by atoms with E-state index in [4.69, 9.17) is 9.84 Å². The van der Waals surface area contributed by atoms with Gasteiger partial charge in [-0.15, -0.1) is 0 Å². The highest BCUT2D eigenvalue weighted by Crippen LogP contribution is 2.35. The summed E-state index contributed by atoms with van der Waals surface area (Å²) in [5.41, 5.74) is -2.19. The van der Waals surface area contributed by atoms with Gasteiger partial charge in [0.25, 0.3) is 0 Å². The van der Waals surface area contributed by atoms with Gasteiger partial charge in [-0.05, 0) is 35.8 Å². The number of hydrogen-bond donors (Lipinski definition) is 1. The van der Waals surface area contributed by atoms with Gasteiger partial charge in [0.1, 0.15) is 33.6 Å². The van der Waals surface area contributed by atoms with Crippen molar-refractivity contribution in [2.75, 3.05) is 0 Å². The van der Waals surface area contributed by atoms with E-state index in [-0.39, 0.29) is 5.01 Å². The number of alkyl halides is 3. The zero-order chi connectivity index (χ0) is 23.0. The van der Waals surface area contributed by atoms with E-state index >= 15 is 0 Å². The third-order valence-electron chi connectivity index (χ3n) is 3.75. The Labute approximate surface area is 174 Å². The van der Waals surface area contributed by atoms with Gasteiger partial charge in [-0.25, -0.2) is 27.0 Å². The molecule has 0 saturated heterocycles. The second-order valence-electron chi connectivity index (χ2n) is 5.96. The van der Waals surface area contributed by atoms with Crippen molar-refractivity contribution < 1.29 is 45.0 Å². The molecule has 0 amide bonds. The molecule has 7 nitrogen and oxygen atoms in total. The highest BCUT2D eigenvalue weighted by molar-refractivity contribution is 7.90. The molecular formula is C17H9F5N2O5S2. The summed E-state index contributed by atoms with van der Waals surface area (Å²) in [5, 5.41) is 9.00. The van der Waals surface area contributed by atoms with Gasteiger partial charge in [0.05, 0.1) is 11.1 Å². The summed E-state index contributed by atoms with van der Waals surface area (Å²) in [4.78, 5) is 13.7. The van der Waals surface area contributed by atoms with Gasteiger partial charge in [-0.3, -0.25) is 0 Å². The number of nitrogens with zero attached hydrogens (tertiary/aromatic N) is 2. The van der Waals surface area contributed by atoms with Crippen molar-refractivity contribution in [2.24, 2.45) is 0 Å². The Morgan fingerprint density at radius 3 is 2.39 bits per heavy atom. The van der Waals surface area contributed by atoms with E-state index in [1.54, 1.807) is 0 Å². The van der Waals surface area contributed by atoms with E-state index < -0.39 is 66.9 Å². The zero-order valence-electron chi connectivity index (χ0n) is 14.9. The molecule has 1 aromatic heterocycles. The van der Waals surface area contributed by atoms with E-state index in [9.17, 15) is 35.2 Å². The van der Waals surface area contributed by atoms with E-state index in [0.717, 1.165) is 17.9 Å². The Morgan fingerprint density at radius 2 is 1.81 bits per heavy atom. The Balaban J connectivity index is 1.98. The second kappa shape index (κ2) is 8.19. The summed E-state index contributed by atoms with van der Waals surface area (Å²) < 4.78 is 101. The van der Waals surface area contributed by atoms with Crippen LogP contribution in [0.5, 0.6) is 11.5 Å². The van der Waals surface area contributed by atoms with Crippen LogP contribution in [0.2, 0.25) is 0 Å². The van der Waals surface area contributed by atoms with Crippen molar-refractivity contribution in [1.82, 2.24) is 9.36 Å². The van der Waals surface area contributed by atoms with Gasteiger partial charge in [-0.1, -0.05) is 0 Å². The largest absolute Gasteiger partial charge is 0.478 e. The Bertz CT molecular complexity index is 1240. The summed E-state index contributed by atoms with van der Waals surface area (Å²) in [7, 11) is -4.36. The van der Waals surface area contributed by atoms with E-state index in [0.29, 0.717) is 30.3 Å². The van der Waals surface area contributed by atoms with Crippen LogP contribution < -0.4 is 4.74 Å².